The smallest absolute Gasteiger partial charge is 0.234 e. The van der Waals surface area contributed by atoms with Crippen LogP contribution < -0.4 is 5.32 Å². The van der Waals surface area contributed by atoms with Gasteiger partial charge < -0.3 is 10.1 Å². The molecule has 2 rings (SSSR count). The van der Waals surface area contributed by atoms with Crippen molar-refractivity contribution in [2.75, 3.05) is 25.6 Å². The summed E-state index contributed by atoms with van der Waals surface area (Å²) in [6.45, 7) is 5.12. The Hall–Kier alpha value is -1.10. The second kappa shape index (κ2) is 7.44. The topological polar surface area (TPSA) is 94.1 Å². The molecule has 0 aliphatic heterocycles. The molecule has 0 saturated carbocycles. The summed E-state index contributed by atoms with van der Waals surface area (Å²) in [4.78, 5) is 4.35. The van der Waals surface area contributed by atoms with Crippen molar-refractivity contribution in [2.24, 2.45) is 0 Å². The summed E-state index contributed by atoms with van der Waals surface area (Å²) in [6, 6.07) is 0. The monoisotopic (exact) mass is 362 g/mol. The summed E-state index contributed by atoms with van der Waals surface area (Å²) >= 11 is 2.50. The van der Waals surface area contributed by atoms with Gasteiger partial charge in [0.2, 0.25) is 19.3 Å². The Kier molecular flexibility index (Phi) is 5.84. The molecule has 0 unspecified atom stereocenters. The van der Waals surface area contributed by atoms with E-state index in [-0.39, 0.29) is 10.1 Å². The Balaban J connectivity index is 2.06. The number of hydrogen-bond acceptors (Lipinski definition) is 9. The van der Waals surface area contributed by atoms with Gasteiger partial charge in [-0.25, -0.2) is 13.4 Å². The van der Waals surface area contributed by atoms with Gasteiger partial charge in [0.1, 0.15) is 5.75 Å². The van der Waals surface area contributed by atoms with Crippen molar-refractivity contribution in [3.63, 3.8) is 0 Å². The van der Waals surface area contributed by atoms with Crippen molar-refractivity contribution >= 4 is 37.6 Å². The lowest BCUT2D eigenvalue weighted by Gasteiger charge is -1.99. The fraction of sp³-hybridized carbons (Fsp3) is 0.583. The number of ether oxygens (including phenoxy) is 1. The maximum atomic E-state index is 12.3. The van der Waals surface area contributed by atoms with Crippen LogP contribution in [0, 0.1) is 0 Å². The number of hydrogen-bond donors (Lipinski definition) is 1. The predicted octanol–water partition coefficient (Wildman–Crippen LogP) is 2.15. The number of aromatic nitrogens is 3. The first kappa shape index (κ1) is 17.3. The van der Waals surface area contributed by atoms with Crippen LogP contribution in [0.25, 0.3) is 0 Å². The Labute approximate surface area is 137 Å². The molecule has 7 nitrogen and oxygen atoms in total. The van der Waals surface area contributed by atoms with Gasteiger partial charge in [-0.2, -0.15) is 0 Å². The van der Waals surface area contributed by atoms with E-state index in [1.165, 1.54) is 11.3 Å². The number of sulfone groups is 1. The van der Waals surface area contributed by atoms with Gasteiger partial charge >= 0.3 is 0 Å². The van der Waals surface area contributed by atoms with E-state index in [1.807, 2.05) is 13.8 Å². The van der Waals surface area contributed by atoms with Gasteiger partial charge in [0.15, 0.2) is 0 Å². The molecule has 2 aromatic rings. The molecule has 0 bridgehead atoms. The van der Waals surface area contributed by atoms with Crippen LogP contribution in [0.15, 0.2) is 9.72 Å². The fourth-order valence-corrected chi connectivity index (χ4v) is 4.77. The molecular formula is C12H18N4O3S3. The van der Waals surface area contributed by atoms with E-state index in [0.717, 1.165) is 16.3 Å². The van der Waals surface area contributed by atoms with Crippen molar-refractivity contribution in [3.05, 3.63) is 16.1 Å². The van der Waals surface area contributed by atoms with E-state index in [0.29, 0.717) is 29.9 Å². The Morgan fingerprint density at radius 2 is 2.14 bits per heavy atom. The molecule has 0 amide bonds. The van der Waals surface area contributed by atoms with Crippen LogP contribution in [-0.4, -0.2) is 43.9 Å². The fourth-order valence-electron chi connectivity index (χ4n) is 1.58. The summed E-state index contributed by atoms with van der Waals surface area (Å²) in [5.41, 5.74) is 0.554. The summed E-state index contributed by atoms with van der Waals surface area (Å²) in [6.07, 6.45) is 0. The SMILES string of the molecule is COCCNc1nnc(S(=O)(=O)Cc2csc(C(C)C)n2)s1. The second-order valence-corrected chi connectivity index (χ2v) is 8.91. The standard InChI is InChI=1S/C12H18N4O3S3/c1-8(2)10-14-9(6-20-10)7-22(17,18)12-16-15-11(21-12)13-4-5-19-3/h6,8H,4-5,7H2,1-3H3,(H,13,15). The highest BCUT2D eigenvalue weighted by Gasteiger charge is 2.22. The molecule has 10 heteroatoms. The van der Waals surface area contributed by atoms with Crippen molar-refractivity contribution in [3.8, 4) is 0 Å². The van der Waals surface area contributed by atoms with Crippen molar-refractivity contribution in [1.29, 1.82) is 0 Å². The second-order valence-electron chi connectivity index (χ2n) is 4.88. The molecule has 122 valence electrons. The molecule has 2 heterocycles. The predicted molar refractivity (Wildman–Crippen MR) is 87.4 cm³/mol. The van der Waals surface area contributed by atoms with E-state index in [4.69, 9.17) is 4.74 Å². The highest BCUT2D eigenvalue weighted by Crippen LogP contribution is 2.25. The van der Waals surface area contributed by atoms with Crippen molar-refractivity contribution in [2.45, 2.75) is 29.9 Å². The number of anilines is 1. The molecule has 0 radical (unpaired) electrons. The first-order valence-corrected chi connectivity index (χ1v) is 10.0. The van der Waals surface area contributed by atoms with E-state index in [9.17, 15) is 8.42 Å². The number of rotatable bonds is 8. The normalized spacial score (nSPS) is 12.0. The summed E-state index contributed by atoms with van der Waals surface area (Å²) in [7, 11) is -1.92. The number of methoxy groups -OCH3 is 1. The van der Waals surface area contributed by atoms with E-state index in [2.05, 4.69) is 20.5 Å². The summed E-state index contributed by atoms with van der Waals surface area (Å²) < 4.78 is 29.6. The van der Waals surface area contributed by atoms with E-state index >= 15 is 0 Å². The number of nitrogens with one attached hydrogen (secondary N) is 1. The lowest BCUT2D eigenvalue weighted by molar-refractivity contribution is 0.211. The third-order valence-corrected chi connectivity index (χ3v) is 6.83. The zero-order valence-corrected chi connectivity index (χ0v) is 15.0. The molecule has 0 aliphatic carbocycles. The number of nitrogens with zero attached hydrogens (tertiary/aromatic N) is 3. The largest absolute Gasteiger partial charge is 0.383 e. The molecular weight excluding hydrogens is 344 g/mol. The highest BCUT2D eigenvalue weighted by molar-refractivity contribution is 7.92. The molecule has 0 spiro atoms. The minimum Gasteiger partial charge on any atom is -0.383 e. The number of thiazole rings is 1. The van der Waals surface area contributed by atoms with E-state index < -0.39 is 9.84 Å². The first-order chi connectivity index (χ1) is 10.4. The van der Waals surface area contributed by atoms with Gasteiger partial charge in [0, 0.05) is 25.0 Å². The van der Waals surface area contributed by atoms with Crippen LogP contribution in [0.2, 0.25) is 0 Å². The molecule has 0 aromatic carbocycles. The lowest BCUT2D eigenvalue weighted by atomic mass is 10.2. The quantitative estimate of drug-likeness (QED) is 0.719. The minimum atomic E-state index is -3.52. The van der Waals surface area contributed by atoms with Gasteiger partial charge in [-0.05, 0) is 0 Å². The van der Waals surface area contributed by atoms with Crippen LogP contribution in [0.3, 0.4) is 0 Å². The molecule has 1 N–H and O–H groups in total. The molecule has 0 fully saturated rings. The lowest BCUT2D eigenvalue weighted by Crippen LogP contribution is -2.06. The first-order valence-electron chi connectivity index (χ1n) is 6.65. The zero-order valence-electron chi connectivity index (χ0n) is 12.6. The molecule has 2 aromatic heterocycles. The van der Waals surface area contributed by atoms with Crippen molar-refractivity contribution in [1.82, 2.24) is 15.2 Å². The van der Waals surface area contributed by atoms with Gasteiger partial charge in [0.25, 0.3) is 0 Å². The average molecular weight is 363 g/mol. The highest BCUT2D eigenvalue weighted by atomic mass is 32.2. The zero-order chi connectivity index (χ0) is 16.2. The van der Waals surface area contributed by atoms with Gasteiger partial charge in [-0.3, -0.25) is 0 Å². The van der Waals surface area contributed by atoms with Gasteiger partial charge in [0.05, 0.1) is 17.3 Å². The Bertz CT molecular complexity index is 709. The van der Waals surface area contributed by atoms with Gasteiger partial charge in [-0.1, -0.05) is 25.2 Å². The maximum absolute atomic E-state index is 12.3. The van der Waals surface area contributed by atoms with Gasteiger partial charge in [-0.15, -0.1) is 21.5 Å². The Morgan fingerprint density at radius 3 is 2.77 bits per heavy atom. The third kappa shape index (κ3) is 4.45. The molecule has 0 saturated heterocycles. The molecule has 0 aliphatic rings. The summed E-state index contributed by atoms with van der Waals surface area (Å²) in [5.74, 6) is 0.141. The van der Waals surface area contributed by atoms with Crippen LogP contribution in [-0.2, 0) is 20.3 Å². The summed E-state index contributed by atoms with van der Waals surface area (Å²) in [5, 5.41) is 13.7. The van der Waals surface area contributed by atoms with E-state index in [1.54, 1.807) is 12.5 Å². The van der Waals surface area contributed by atoms with Crippen LogP contribution in [0.5, 0.6) is 0 Å². The third-order valence-electron chi connectivity index (χ3n) is 2.66. The maximum Gasteiger partial charge on any atom is 0.234 e. The Morgan fingerprint density at radius 1 is 1.36 bits per heavy atom. The molecule has 22 heavy (non-hydrogen) atoms. The minimum absolute atomic E-state index is 0.00603. The average Bonchev–Trinajstić information content (AvgIpc) is 3.08. The molecule has 0 atom stereocenters. The van der Waals surface area contributed by atoms with Crippen LogP contribution in [0.4, 0.5) is 5.13 Å². The van der Waals surface area contributed by atoms with Crippen LogP contribution in [0.1, 0.15) is 30.5 Å². The van der Waals surface area contributed by atoms with Crippen molar-refractivity contribution < 1.29 is 13.2 Å². The van der Waals surface area contributed by atoms with Crippen LogP contribution >= 0.6 is 22.7 Å².